The van der Waals surface area contributed by atoms with E-state index in [0.29, 0.717) is 0 Å². The van der Waals surface area contributed by atoms with E-state index in [1.807, 2.05) is 0 Å². The van der Waals surface area contributed by atoms with Gasteiger partial charge in [0.05, 0.1) is 0 Å². The van der Waals surface area contributed by atoms with Gasteiger partial charge in [-0.05, 0) is 6.42 Å². The molecule has 0 saturated heterocycles. The fourth-order valence-corrected chi connectivity index (χ4v) is 1.07. The Morgan fingerprint density at radius 1 is 1.85 bits per heavy atom. The maximum Gasteiger partial charge on any atom is 0.327 e. The molecule has 0 saturated carbocycles. The first-order valence-corrected chi connectivity index (χ1v) is 3.76. The normalized spacial score (nSPS) is 12.3. The predicted molar refractivity (Wildman–Crippen MR) is 46.5 cm³/mol. The number of imidazole rings is 1. The maximum atomic E-state index is 11.0. The highest BCUT2D eigenvalue weighted by atomic mass is 16.4. The van der Waals surface area contributed by atoms with Crippen molar-refractivity contribution in [2.24, 2.45) is 0 Å². The summed E-state index contributed by atoms with van der Waals surface area (Å²) in [5.74, 6) is -1.04. The van der Waals surface area contributed by atoms with Crippen LogP contribution >= 0.6 is 0 Å². The quantitative estimate of drug-likeness (QED) is 0.661. The smallest absolute Gasteiger partial charge is 0.327 e. The van der Waals surface area contributed by atoms with Gasteiger partial charge in [0.15, 0.2) is 0 Å². The largest absolute Gasteiger partial charge is 0.480 e. The van der Waals surface area contributed by atoms with Gasteiger partial charge in [0.2, 0.25) is 0 Å². The summed E-state index contributed by atoms with van der Waals surface area (Å²) < 4.78 is 1.13. The highest BCUT2D eigenvalue weighted by Crippen LogP contribution is 2.08. The number of aliphatic carboxylic acids is 1. The second-order valence-corrected chi connectivity index (χ2v) is 2.55. The van der Waals surface area contributed by atoms with Gasteiger partial charge in [0, 0.05) is 12.4 Å². The molecule has 0 amide bonds. The number of rotatable bonds is 4. The van der Waals surface area contributed by atoms with Crippen LogP contribution in [0.3, 0.4) is 0 Å². The third-order valence-electron chi connectivity index (χ3n) is 1.69. The molecule has 1 unspecified atom stereocenters. The van der Waals surface area contributed by atoms with Crippen LogP contribution in [-0.4, -0.2) is 20.6 Å². The van der Waals surface area contributed by atoms with E-state index in [0.717, 1.165) is 4.57 Å². The minimum atomic E-state index is -1.04. The van der Waals surface area contributed by atoms with Crippen LogP contribution in [0.4, 0.5) is 0 Å². The van der Waals surface area contributed by atoms with Crippen LogP contribution in [0.5, 0.6) is 0 Å². The Kier molecular flexibility index (Phi) is 2.69. The molecule has 0 aromatic carbocycles. The number of H-pyrrole nitrogens is 1. The molecule has 5 heteroatoms. The number of aromatic amines is 1. The number of hydrogen-bond acceptors (Lipinski definition) is 2. The third-order valence-corrected chi connectivity index (χ3v) is 1.69. The molecule has 1 heterocycles. The number of carboxylic acid groups (broad SMARTS) is 1. The molecule has 0 aliphatic rings. The lowest BCUT2D eigenvalue weighted by Gasteiger charge is -2.09. The average Bonchev–Trinajstić information content (AvgIpc) is 2.47. The summed E-state index contributed by atoms with van der Waals surface area (Å²) in [7, 11) is 0. The van der Waals surface area contributed by atoms with E-state index in [-0.39, 0.29) is 6.42 Å². The molecule has 1 aromatic rings. The van der Waals surface area contributed by atoms with E-state index >= 15 is 0 Å². The number of nitrogens with zero attached hydrogens (tertiary/aromatic N) is 1. The third kappa shape index (κ3) is 1.87. The van der Waals surface area contributed by atoms with Gasteiger partial charge in [0.1, 0.15) is 6.04 Å². The van der Waals surface area contributed by atoms with Crippen LogP contribution in [-0.2, 0) is 4.79 Å². The molecule has 0 fully saturated rings. The second kappa shape index (κ2) is 3.75. The van der Waals surface area contributed by atoms with Crippen molar-refractivity contribution in [2.45, 2.75) is 12.5 Å². The van der Waals surface area contributed by atoms with Crippen LogP contribution in [0.15, 0.2) is 29.8 Å². The van der Waals surface area contributed by atoms with Gasteiger partial charge >= 0.3 is 11.7 Å². The van der Waals surface area contributed by atoms with Crippen LogP contribution in [0.25, 0.3) is 0 Å². The van der Waals surface area contributed by atoms with Crippen LogP contribution in [0.2, 0.25) is 0 Å². The molecular formula is C8H10N2O3. The Morgan fingerprint density at radius 3 is 2.92 bits per heavy atom. The summed E-state index contributed by atoms with van der Waals surface area (Å²) in [5, 5.41) is 8.78. The lowest BCUT2D eigenvalue weighted by Crippen LogP contribution is -2.27. The zero-order valence-corrected chi connectivity index (χ0v) is 6.93. The molecule has 1 rings (SSSR count). The number of carbonyl (C=O) groups is 1. The van der Waals surface area contributed by atoms with Gasteiger partial charge in [0.25, 0.3) is 0 Å². The van der Waals surface area contributed by atoms with Crippen molar-refractivity contribution in [3.05, 3.63) is 35.5 Å². The van der Waals surface area contributed by atoms with Crippen molar-refractivity contribution in [3.63, 3.8) is 0 Å². The first kappa shape index (κ1) is 9.31. The van der Waals surface area contributed by atoms with Crippen molar-refractivity contribution >= 4 is 5.97 Å². The summed E-state index contributed by atoms with van der Waals surface area (Å²) >= 11 is 0. The average molecular weight is 182 g/mol. The number of hydrogen-bond donors (Lipinski definition) is 2. The van der Waals surface area contributed by atoms with E-state index in [9.17, 15) is 9.59 Å². The molecule has 0 aliphatic carbocycles. The van der Waals surface area contributed by atoms with Gasteiger partial charge < -0.3 is 10.1 Å². The second-order valence-electron chi connectivity index (χ2n) is 2.55. The highest BCUT2D eigenvalue weighted by molar-refractivity contribution is 5.72. The molecular weight excluding hydrogens is 172 g/mol. The fraction of sp³-hybridized carbons (Fsp3) is 0.250. The predicted octanol–water partition coefficient (Wildman–Crippen LogP) is 0.378. The molecule has 0 spiro atoms. The Bertz CT molecular complexity index is 363. The van der Waals surface area contributed by atoms with Gasteiger partial charge in [-0.3, -0.25) is 4.57 Å². The van der Waals surface area contributed by atoms with Crippen LogP contribution in [0.1, 0.15) is 12.5 Å². The van der Waals surface area contributed by atoms with E-state index in [1.54, 1.807) is 0 Å². The Labute approximate surface area is 74.3 Å². The Morgan fingerprint density at radius 2 is 2.54 bits per heavy atom. The molecule has 0 radical (unpaired) electrons. The summed E-state index contributed by atoms with van der Waals surface area (Å²) in [6, 6.07) is -0.865. The molecule has 70 valence electrons. The standard InChI is InChI=1S/C8H10N2O3/c1-2-3-6(7(11)12)10-5-4-9-8(10)13/h2,4-6H,1,3H2,(H,9,13)(H,11,12). The highest BCUT2D eigenvalue weighted by Gasteiger charge is 2.18. The van der Waals surface area contributed by atoms with E-state index in [1.165, 1.54) is 18.5 Å². The van der Waals surface area contributed by atoms with Crippen molar-refractivity contribution in [2.75, 3.05) is 0 Å². The van der Waals surface area contributed by atoms with Gasteiger partial charge in [-0.2, -0.15) is 0 Å². The van der Waals surface area contributed by atoms with Crippen LogP contribution < -0.4 is 5.69 Å². The summed E-state index contributed by atoms with van der Waals surface area (Å²) in [4.78, 5) is 24.1. The molecule has 2 N–H and O–H groups in total. The molecule has 1 aromatic heterocycles. The summed E-state index contributed by atoms with van der Waals surface area (Å²) in [5.41, 5.74) is -0.422. The summed E-state index contributed by atoms with van der Waals surface area (Å²) in [6.45, 7) is 3.43. The summed E-state index contributed by atoms with van der Waals surface area (Å²) in [6.07, 6.45) is 4.51. The van der Waals surface area contributed by atoms with Crippen molar-refractivity contribution in [1.82, 2.24) is 9.55 Å². The number of aromatic nitrogens is 2. The van der Waals surface area contributed by atoms with Gasteiger partial charge in [-0.1, -0.05) is 6.08 Å². The molecule has 0 aliphatic heterocycles. The minimum Gasteiger partial charge on any atom is -0.480 e. The zero-order valence-electron chi connectivity index (χ0n) is 6.93. The Balaban J connectivity index is 3.01. The first-order valence-electron chi connectivity index (χ1n) is 3.76. The Hall–Kier alpha value is -1.78. The van der Waals surface area contributed by atoms with E-state index in [4.69, 9.17) is 5.11 Å². The molecule has 1 atom stereocenters. The van der Waals surface area contributed by atoms with Crippen molar-refractivity contribution in [3.8, 4) is 0 Å². The molecule has 0 bridgehead atoms. The van der Waals surface area contributed by atoms with Crippen LogP contribution in [0, 0.1) is 0 Å². The van der Waals surface area contributed by atoms with Gasteiger partial charge in [-0.15, -0.1) is 6.58 Å². The lowest BCUT2D eigenvalue weighted by atomic mass is 10.2. The van der Waals surface area contributed by atoms with Crippen molar-refractivity contribution < 1.29 is 9.90 Å². The number of allylic oxidation sites excluding steroid dienone is 1. The van der Waals surface area contributed by atoms with E-state index < -0.39 is 17.7 Å². The SMILES string of the molecule is C=CCC(C(=O)O)n1cc[nH]c1=O. The van der Waals surface area contributed by atoms with Crippen molar-refractivity contribution in [1.29, 1.82) is 0 Å². The number of carboxylic acids is 1. The monoisotopic (exact) mass is 182 g/mol. The lowest BCUT2D eigenvalue weighted by molar-refractivity contribution is -0.140. The topological polar surface area (TPSA) is 75.1 Å². The fourth-order valence-electron chi connectivity index (χ4n) is 1.07. The maximum absolute atomic E-state index is 11.0. The number of nitrogens with one attached hydrogen (secondary N) is 1. The zero-order chi connectivity index (χ0) is 9.84. The molecule has 5 nitrogen and oxygen atoms in total. The first-order chi connectivity index (χ1) is 6.16. The van der Waals surface area contributed by atoms with E-state index in [2.05, 4.69) is 11.6 Å². The minimum absolute atomic E-state index is 0.229. The molecule has 13 heavy (non-hydrogen) atoms. The van der Waals surface area contributed by atoms with Gasteiger partial charge in [-0.25, -0.2) is 9.59 Å².